The van der Waals surface area contributed by atoms with Crippen LogP contribution in [0, 0.1) is 5.92 Å². The molecule has 1 saturated heterocycles. The van der Waals surface area contributed by atoms with Crippen LogP contribution in [0.4, 0.5) is 0 Å². The zero-order valence-corrected chi connectivity index (χ0v) is 12.8. The highest BCUT2D eigenvalue weighted by Gasteiger charge is 2.54. The number of rotatable bonds is 3. The standard InChI is InChI=1S/C18H18ClNO/c1-20-13-16(12-19)18(17(20)21,14-8-4-2-5-9-14)15-10-6-3-7-11-15/h2-11,16H,12-13H2,1H3. The van der Waals surface area contributed by atoms with Gasteiger partial charge in [0.2, 0.25) is 5.91 Å². The first-order valence-electron chi connectivity index (χ1n) is 7.13. The molecule has 0 N–H and O–H groups in total. The molecule has 1 unspecified atom stereocenters. The van der Waals surface area contributed by atoms with Crippen molar-refractivity contribution in [3.8, 4) is 0 Å². The summed E-state index contributed by atoms with van der Waals surface area (Å²) in [5.74, 6) is 0.659. The van der Waals surface area contributed by atoms with Gasteiger partial charge in [-0.25, -0.2) is 0 Å². The molecular formula is C18H18ClNO. The Morgan fingerprint density at radius 2 is 1.52 bits per heavy atom. The highest BCUT2D eigenvalue weighted by Crippen LogP contribution is 2.45. The van der Waals surface area contributed by atoms with Crippen LogP contribution in [0.15, 0.2) is 60.7 Å². The zero-order chi connectivity index (χ0) is 14.9. The average molecular weight is 300 g/mol. The van der Waals surface area contributed by atoms with Gasteiger partial charge >= 0.3 is 0 Å². The lowest BCUT2D eigenvalue weighted by atomic mass is 9.68. The van der Waals surface area contributed by atoms with Crippen LogP contribution in [-0.2, 0) is 10.2 Å². The first-order chi connectivity index (χ1) is 10.2. The summed E-state index contributed by atoms with van der Waals surface area (Å²) in [5, 5.41) is 0. The Hall–Kier alpha value is -1.80. The monoisotopic (exact) mass is 299 g/mol. The van der Waals surface area contributed by atoms with Crippen LogP contribution in [0.1, 0.15) is 11.1 Å². The van der Waals surface area contributed by atoms with Crippen LogP contribution < -0.4 is 0 Å². The first kappa shape index (κ1) is 14.2. The number of amides is 1. The van der Waals surface area contributed by atoms with E-state index in [4.69, 9.17) is 11.6 Å². The highest BCUT2D eigenvalue weighted by atomic mass is 35.5. The maximum absolute atomic E-state index is 13.1. The van der Waals surface area contributed by atoms with Gasteiger partial charge in [0.05, 0.1) is 0 Å². The Morgan fingerprint density at radius 3 is 1.95 bits per heavy atom. The summed E-state index contributed by atoms with van der Waals surface area (Å²) in [6.45, 7) is 0.687. The molecule has 2 nitrogen and oxygen atoms in total. The van der Waals surface area contributed by atoms with Crippen LogP contribution in [0.2, 0.25) is 0 Å². The zero-order valence-electron chi connectivity index (χ0n) is 12.0. The Balaban J connectivity index is 2.28. The fraction of sp³-hybridized carbons (Fsp3) is 0.278. The first-order valence-corrected chi connectivity index (χ1v) is 7.67. The quantitative estimate of drug-likeness (QED) is 0.796. The Kier molecular flexibility index (Phi) is 3.73. The third kappa shape index (κ3) is 2.06. The van der Waals surface area contributed by atoms with E-state index in [-0.39, 0.29) is 11.8 Å². The van der Waals surface area contributed by atoms with E-state index >= 15 is 0 Å². The van der Waals surface area contributed by atoms with Gasteiger partial charge in [-0.3, -0.25) is 4.79 Å². The van der Waals surface area contributed by atoms with Crippen molar-refractivity contribution in [3.05, 3.63) is 71.8 Å². The summed E-state index contributed by atoms with van der Waals surface area (Å²) in [4.78, 5) is 14.9. The van der Waals surface area contributed by atoms with Crippen molar-refractivity contribution in [3.63, 3.8) is 0 Å². The van der Waals surface area contributed by atoms with E-state index in [1.807, 2.05) is 67.7 Å². The third-order valence-corrected chi connectivity index (χ3v) is 4.81. The van der Waals surface area contributed by atoms with E-state index in [0.717, 1.165) is 11.1 Å². The molecule has 0 aromatic heterocycles. The van der Waals surface area contributed by atoms with Gasteiger partial charge in [0.15, 0.2) is 0 Å². The third-order valence-electron chi connectivity index (χ3n) is 4.44. The van der Waals surface area contributed by atoms with Crippen molar-refractivity contribution in [1.82, 2.24) is 4.90 Å². The van der Waals surface area contributed by atoms with Crippen LogP contribution in [0.5, 0.6) is 0 Å². The maximum Gasteiger partial charge on any atom is 0.237 e. The van der Waals surface area contributed by atoms with Crippen LogP contribution in [0.3, 0.4) is 0 Å². The smallest absolute Gasteiger partial charge is 0.237 e. The topological polar surface area (TPSA) is 20.3 Å². The van der Waals surface area contributed by atoms with Gasteiger partial charge in [0, 0.05) is 25.4 Å². The second-order valence-corrected chi connectivity index (χ2v) is 5.89. The molecule has 1 heterocycles. The van der Waals surface area contributed by atoms with Crippen molar-refractivity contribution >= 4 is 17.5 Å². The number of hydrogen-bond donors (Lipinski definition) is 0. The number of benzene rings is 2. The van der Waals surface area contributed by atoms with E-state index in [9.17, 15) is 4.79 Å². The van der Waals surface area contributed by atoms with Crippen molar-refractivity contribution < 1.29 is 4.79 Å². The number of nitrogens with zero attached hydrogens (tertiary/aromatic N) is 1. The van der Waals surface area contributed by atoms with Crippen molar-refractivity contribution in [2.45, 2.75) is 5.41 Å². The second kappa shape index (κ2) is 5.53. The molecule has 2 aromatic carbocycles. The van der Waals surface area contributed by atoms with Crippen LogP contribution in [0.25, 0.3) is 0 Å². The molecule has 1 amide bonds. The van der Waals surface area contributed by atoms with Gasteiger partial charge in [-0.2, -0.15) is 0 Å². The summed E-state index contributed by atoms with van der Waals surface area (Å²) in [5.41, 5.74) is 1.38. The Bertz CT molecular complexity index is 587. The van der Waals surface area contributed by atoms with E-state index in [1.54, 1.807) is 4.90 Å². The van der Waals surface area contributed by atoms with Gasteiger partial charge in [-0.1, -0.05) is 60.7 Å². The molecule has 21 heavy (non-hydrogen) atoms. The summed E-state index contributed by atoms with van der Waals surface area (Å²) in [6, 6.07) is 20.0. The molecule has 2 aromatic rings. The molecule has 0 radical (unpaired) electrons. The maximum atomic E-state index is 13.1. The second-order valence-electron chi connectivity index (χ2n) is 5.58. The van der Waals surface area contributed by atoms with Crippen LogP contribution >= 0.6 is 11.6 Å². The normalized spacial score (nSPS) is 20.8. The number of alkyl halides is 1. The molecule has 0 saturated carbocycles. The lowest BCUT2D eigenvalue weighted by Gasteiger charge is -2.33. The summed E-state index contributed by atoms with van der Waals surface area (Å²) >= 11 is 6.24. The molecule has 1 aliphatic heterocycles. The number of halogens is 1. The van der Waals surface area contributed by atoms with Gasteiger partial charge in [0.1, 0.15) is 5.41 Å². The Labute approximate surface area is 130 Å². The number of hydrogen-bond acceptors (Lipinski definition) is 1. The van der Waals surface area contributed by atoms with E-state index in [1.165, 1.54) is 0 Å². The lowest BCUT2D eigenvalue weighted by molar-refractivity contribution is -0.130. The Morgan fingerprint density at radius 1 is 1.05 bits per heavy atom. The van der Waals surface area contributed by atoms with E-state index < -0.39 is 5.41 Å². The number of carbonyl (C=O) groups excluding carboxylic acids is 1. The highest BCUT2D eigenvalue weighted by molar-refractivity contribution is 6.18. The molecule has 0 spiro atoms. The largest absolute Gasteiger partial charge is 0.344 e. The molecule has 3 rings (SSSR count). The number of likely N-dealkylation sites (tertiary alicyclic amines) is 1. The fourth-order valence-electron chi connectivity index (χ4n) is 3.48. The molecule has 1 fully saturated rings. The summed E-state index contributed by atoms with van der Waals surface area (Å²) in [7, 11) is 1.86. The SMILES string of the molecule is CN1CC(CCl)C(c2ccccc2)(c2ccccc2)C1=O. The van der Waals surface area contributed by atoms with E-state index in [0.29, 0.717) is 12.4 Å². The minimum atomic E-state index is -0.668. The summed E-state index contributed by atoms with van der Waals surface area (Å²) in [6.07, 6.45) is 0. The average Bonchev–Trinajstić information content (AvgIpc) is 2.81. The van der Waals surface area contributed by atoms with Crippen LogP contribution in [-0.4, -0.2) is 30.3 Å². The van der Waals surface area contributed by atoms with Gasteiger partial charge < -0.3 is 4.90 Å². The number of carbonyl (C=O) groups is 1. The molecular weight excluding hydrogens is 282 g/mol. The predicted molar refractivity (Wildman–Crippen MR) is 85.5 cm³/mol. The molecule has 0 aliphatic carbocycles. The molecule has 1 atom stereocenters. The van der Waals surface area contributed by atoms with E-state index in [2.05, 4.69) is 0 Å². The summed E-state index contributed by atoms with van der Waals surface area (Å²) < 4.78 is 0. The van der Waals surface area contributed by atoms with Crippen molar-refractivity contribution in [2.75, 3.05) is 19.5 Å². The number of likely N-dealkylation sites (N-methyl/N-ethyl adjacent to an activating group) is 1. The van der Waals surface area contributed by atoms with Crippen molar-refractivity contribution in [1.29, 1.82) is 0 Å². The molecule has 108 valence electrons. The molecule has 1 aliphatic rings. The fourth-order valence-corrected chi connectivity index (χ4v) is 3.81. The van der Waals surface area contributed by atoms with Gasteiger partial charge in [0.25, 0.3) is 0 Å². The van der Waals surface area contributed by atoms with Crippen molar-refractivity contribution in [2.24, 2.45) is 5.92 Å². The minimum Gasteiger partial charge on any atom is -0.344 e. The van der Waals surface area contributed by atoms with Gasteiger partial charge in [-0.15, -0.1) is 11.6 Å². The van der Waals surface area contributed by atoms with Gasteiger partial charge in [-0.05, 0) is 11.1 Å². The molecule has 0 bridgehead atoms. The minimum absolute atomic E-state index is 0.0708. The lowest BCUT2D eigenvalue weighted by Crippen LogP contribution is -2.41. The molecule has 3 heteroatoms. The predicted octanol–water partition coefficient (Wildman–Crippen LogP) is 3.30.